The molecule has 152 valence electrons. The molecule has 2 atom stereocenters. The molecule has 2 aliphatic rings. The van der Waals surface area contributed by atoms with Gasteiger partial charge in [0.2, 0.25) is 0 Å². The molecule has 0 spiro atoms. The van der Waals surface area contributed by atoms with E-state index >= 15 is 0 Å². The Morgan fingerprint density at radius 3 is 2.34 bits per heavy atom. The molecule has 0 aromatic heterocycles. The first kappa shape index (κ1) is 19.6. The third-order valence-corrected chi connectivity index (χ3v) is 7.47. The highest BCUT2D eigenvalue weighted by Crippen LogP contribution is 2.49. The van der Waals surface area contributed by atoms with E-state index in [4.69, 9.17) is 4.74 Å². The van der Waals surface area contributed by atoms with Crippen molar-refractivity contribution in [1.29, 1.82) is 0 Å². The maximum Gasteiger partial charge on any atom is 0.334 e. The van der Waals surface area contributed by atoms with Crippen LogP contribution in [-0.4, -0.2) is 42.5 Å². The first-order valence-corrected chi connectivity index (χ1v) is 10.6. The number of fused-ring (bicyclic) bond motifs is 1. The summed E-state index contributed by atoms with van der Waals surface area (Å²) in [5.74, 6) is -4.17. The maximum atomic E-state index is 14.3. The molecule has 0 bridgehead atoms. The zero-order valence-electron chi connectivity index (χ0n) is 15.4. The number of rotatable bonds is 5. The summed E-state index contributed by atoms with van der Waals surface area (Å²) in [6.07, 6.45) is 1.66. The number of nitrogens with zero attached hydrogens (tertiary/aromatic N) is 1. The third-order valence-electron chi connectivity index (χ3n) is 5.33. The highest BCUT2D eigenvalue weighted by molar-refractivity contribution is 7.92. The molecule has 2 heterocycles. The molecule has 0 radical (unpaired) electrons. The normalized spacial score (nSPS) is 25.0. The van der Waals surface area contributed by atoms with Gasteiger partial charge in [-0.05, 0) is 30.0 Å². The van der Waals surface area contributed by atoms with Crippen LogP contribution in [0.1, 0.15) is 12.0 Å². The predicted molar refractivity (Wildman–Crippen MR) is 102 cm³/mol. The van der Waals surface area contributed by atoms with E-state index < -0.39 is 45.5 Å². The van der Waals surface area contributed by atoms with E-state index in [2.05, 4.69) is 0 Å². The van der Waals surface area contributed by atoms with Gasteiger partial charge in [0.05, 0.1) is 11.4 Å². The second-order valence-electron chi connectivity index (χ2n) is 7.27. The first-order valence-electron chi connectivity index (χ1n) is 9.09. The minimum absolute atomic E-state index is 0.0260. The summed E-state index contributed by atoms with van der Waals surface area (Å²) < 4.78 is 60.5. The second kappa shape index (κ2) is 6.95. The van der Waals surface area contributed by atoms with E-state index in [1.54, 1.807) is 48.5 Å². The Labute approximate surface area is 167 Å². The Hall–Kier alpha value is -2.74. The number of ether oxygens (including phenoxy) is 1. The number of benzene rings is 2. The molecule has 0 N–H and O–H groups in total. The smallest absolute Gasteiger partial charge is 0.334 e. The average Bonchev–Trinajstić information content (AvgIpc) is 3.19. The van der Waals surface area contributed by atoms with Gasteiger partial charge in [-0.3, -0.25) is 0 Å². The van der Waals surface area contributed by atoms with Crippen molar-refractivity contribution < 1.29 is 26.7 Å². The molecule has 2 aromatic carbocycles. The summed E-state index contributed by atoms with van der Waals surface area (Å²) in [7, 11) is -4.09. The number of carbonyl (C=O) groups excluding carboxylic acids is 1. The molecule has 2 aromatic rings. The van der Waals surface area contributed by atoms with E-state index in [0.717, 1.165) is 4.90 Å². The van der Waals surface area contributed by atoms with Gasteiger partial charge in [-0.1, -0.05) is 48.5 Å². The van der Waals surface area contributed by atoms with Gasteiger partial charge in [0.25, 0.3) is 5.92 Å². The molecule has 1 fully saturated rings. The zero-order chi connectivity index (χ0) is 20.7. The molecule has 2 unspecified atom stereocenters. The lowest BCUT2D eigenvalue weighted by molar-refractivity contribution is -0.156. The number of hydrogen-bond acceptors (Lipinski definition) is 5. The third kappa shape index (κ3) is 3.31. The minimum Gasteiger partial charge on any atom is -0.459 e. The van der Waals surface area contributed by atoms with Gasteiger partial charge < -0.3 is 9.64 Å². The van der Waals surface area contributed by atoms with Crippen molar-refractivity contribution in [3.05, 3.63) is 78.5 Å². The standard InChI is InChI=1S/C21H19F2NO4S/c22-20(23)14-21(19(25)28-13-16-7-3-1-4-8-16)18(11-12-24(21)15-20)29(26,27)17-9-5-2-6-10-17/h1-12,18H,13-15H2. The number of alkyl halides is 2. The average molecular weight is 419 g/mol. The van der Waals surface area contributed by atoms with Gasteiger partial charge in [-0.25, -0.2) is 22.0 Å². The fourth-order valence-electron chi connectivity index (χ4n) is 4.00. The van der Waals surface area contributed by atoms with E-state index in [-0.39, 0.29) is 11.5 Å². The van der Waals surface area contributed by atoms with Crippen LogP contribution in [0.2, 0.25) is 0 Å². The Kier molecular flexibility index (Phi) is 4.69. The van der Waals surface area contributed by atoms with Crippen molar-refractivity contribution in [1.82, 2.24) is 4.90 Å². The lowest BCUT2D eigenvalue weighted by Gasteiger charge is -2.34. The number of esters is 1. The van der Waals surface area contributed by atoms with Gasteiger partial charge in [0.15, 0.2) is 15.4 Å². The summed E-state index contributed by atoms with van der Waals surface area (Å²) in [6.45, 7) is -0.857. The van der Waals surface area contributed by atoms with Gasteiger partial charge in [0.1, 0.15) is 11.9 Å². The molecule has 1 saturated heterocycles. The van der Waals surface area contributed by atoms with Crippen molar-refractivity contribution >= 4 is 15.8 Å². The van der Waals surface area contributed by atoms with Crippen LogP contribution in [-0.2, 0) is 26.0 Å². The summed E-state index contributed by atoms with van der Waals surface area (Å²) in [6, 6.07) is 16.3. The lowest BCUT2D eigenvalue weighted by Crippen LogP contribution is -2.56. The highest BCUT2D eigenvalue weighted by Gasteiger charge is 2.67. The largest absolute Gasteiger partial charge is 0.459 e. The SMILES string of the molecule is O=C(OCc1ccccc1)C12CC(F)(F)CN1C=CC2S(=O)(=O)c1ccccc1. The molecule has 0 amide bonds. The van der Waals surface area contributed by atoms with Crippen LogP contribution in [0.3, 0.4) is 0 Å². The van der Waals surface area contributed by atoms with Crippen molar-refractivity contribution in [2.75, 3.05) is 6.54 Å². The minimum atomic E-state index is -4.09. The van der Waals surface area contributed by atoms with Crippen molar-refractivity contribution in [2.24, 2.45) is 0 Å². The Morgan fingerprint density at radius 2 is 1.69 bits per heavy atom. The summed E-state index contributed by atoms with van der Waals surface area (Å²) in [5.41, 5.74) is -1.31. The van der Waals surface area contributed by atoms with Gasteiger partial charge >= 0.3 is 5.97 Å². The lowest BCUT2D eigenvalue weighted by atomic mass is 9.92. The molecule has 5 nitrogen and oxygen atoms in total. The Balaban J connectivity index is 1.70. The first-order chi connectivity index (χ1) is 13.8. The van der Waals surface area contributed by atoms with Gasteiger partial charge in [-0.2, -0.15) is 0 Å². The molecule has 29 heavy (non-hydrogen) atoms. The second-order valence-corrected chi connectivity index (χ2v) is 9.34. The van der Waals surface area contributed by atoms with Gasteiger partial charge in [0, 0.05) is 6.42 Å². The number of carbonyl (C=O) groups is 1. The van der Waals surface area contributed by atoms with Crippen molar-refractivity contribution in [2.45, 2.75) is 34.6 Å². The number of sulfone groups is 1. The van der Waals surface area contributed by atoms with E-state index in [1.165, 1.54) is 24.4 Å². The quantitative estimate of drug-likeness (QED) is 0.697. The molecular weight excluding hydrogens is 400 g/mol. The van der Waals surface area contributed by atoms with Crippen LogP contribution >= 0.6 is 0 Å². The van der Waals surface area contributed by atoms with Gasteiger partial charge in [-0.15, -0.1) is 0 Å². The topological polar surface area (TPSA) is 63.7 Å². The van der Waals surface area contributed by atoms with Crippen molar-refractivity contribution in [3.8, 4) is 0 Å². The van der Waals surface area contributed by atoms with Crippen LogP contribution in [0.25, 0.3) is 0 Å². The summed E-state index contributed by atoms with van der Waals surface area (Å²) in [4.78, 5) is 14.2. The molecule has 4 rings (SSSR count). The van der Waals surface area contributed by atoms with Crippen LogP contribution in [0.4, 0.5) is 8.78 Å². The van der Waals surface area contributed by atoms with E-state index in [0.29, 0.717) is 5.56 Å². The predicted octanol–water partition coefficient (Wildman–Crippen LogP) is 3.18. The van der Waals surface area contributed by atoms with Crippen LogP contribution in [0.5, 0.6) is 0 Å². The zero-order valence-corrected chi connectivity index (χ0v) is 16.2. The van der Waals surface area contributed by atoms with Crippen LogP contribution in [0, 0.1) is 0 Å². The number of halogens is 2. The molecule has 2 aliphatic heterocycles. The highest BCUT2D eigenvalue weighted by atomic mass is 32.2. The van der Waals surface area contributed by atoms with E-state index in [9.17, 15) is 22.0 Å². The summed E-state index contributed by atoms with van der Waals surface area (Å²) in [5, 5.41) is -1.46. The number of hydrogen-bond donors (Lipinski definition) is 0. The molecular formula is C21H19F2NO4S. The van der Waals surface area contributed by atoms with Crippen LogP contribution in [0.15, 0.2) is 77.8 Å². The molecule has 0 aliphatic carbocycles. The van der Waals surface area contributed by atoms with Crippen LogP contribution < -0.4 is 0 Å². The monoisotopic (exact) mass is 419 g/mol. The fourth-order valence-corrected chi connectivity index (χ4v) is 5.94. The van der Waals surface area contributed by atoms with Crippen molar-refractivity contribution in [3.63, 3.8) is 0 Å². The maximum absolute atomic E-state index is 14.3. The molecule has 0 saturated carbocycles. The fraction of sp³-hybridized carbons (Fsp3) is 0.286. The summed E-state index contributed by atoms with van der Waals surface area (Å²) >= 11 is 0. The molecule has 8 heteroatoms. The Morgan fingerprint density at radius 1 is 1.07 bits per heavy atom. The Bertz CT molecular complexity index is 1040. The van der Waals surface area contributed by atoms with E-state index in [1.807, 2.05) is 0 Å².